The van der Waals surface area contributed by atoms with Crippen LogP contribution < -0.4 is 9.64 Å². The van der Waals surface area contributed by atoms with Gasteiger partial charge in [0, 0.05) is 89.4 Å². The largest absolute Gasteiger partial charge is 0.497 e. The molecule has 2 aromatic rings. The van der Waals surface area contributed by atoms with E-state index in [0.717, 1.165) is 47.6 Å². The Bertz CT molecular complexity index is 1480. The Morgan fingerprint density at radius 3 is 2.53 bits per heavy atom. The van der Waals surface area contributed by atoms with Gasteiger partial charge in [0.05, 0.1) is 24.8 Å². The normalized spacial score (nSPS) is 18.1. The molecule has 0 fully saturated rings. The number of aromatic nitrogens is 1. The van der Waals surface area contributed by atoms with E-state index in [1.54, 1.807) is 30.5 Å². The average Bonchev–Trinajstić information content (AvgIpc) is 3.10. The maximum Gasteiger partial charge on any atom is 0.234 e. The van der Waals surface area contributed by atoms with Gasteiger partial charge in [0.15, 0.2) is 0 Å². The molecule has 0 atom stereocenters. The number of allylic oxidation sites excluding steroid dienone is 1. The number of fused-ring (bicyclic) bond motifs is 1. The molecule has 45 heavy (non-hydrogen) atoms. The zero-order valence-electron chi connectivity index (χ0n) is 27.2. The van der Waals surface area contributed by atoms with E-state index < -0.39 is 5.41 Å². The zero-order valence-corrected chi connectivity index (χ0v) is 27.2. The number of rotatable bonds is 12. The third-order valence-corrected chi connectivity index (χ3v) is 8.84. The number of carbonyl (C=O) groups excluding carboxylic acids is 3. The van der Waals surface area contributed by atoms with Crippen LogP contribution in [0.4, 0.5) is 5.69 Å². The van der Waals surface area contributed by atoms with Crippen LogP contribution in [0.15, 0.2) is 66.0 Å². The van der Waals surface area contributed by atoms with E-state index >= 15 is 0 Å². The molecule has 0 bridgehead atoms. The van der Waals surface area contributed by atoms with Gasteiger partial charge in [-0.2, -0.15) is 0 Å². The molecule has 0 saturated carbocycles. The highest BCUT2D eigenvalue weighted by Gasteiger charge is 2.42. The molecule has 2 aliphatic heterocycles. The Hall–Kier alpha value is -4.18. The van der Waals surface area contributed by atoms with Gasteiger partial charge in [0.2, 0.25) is 17.6 Å². The third kappa shape index (κ3) is 7.22. The lowest BCUT2D eigenvalue weighted by Gasteiger charge is -2.32. The second-order valence-corrected chi connectivity index (χ2v) is 12.6. The summed E-state index contributed by atoms with van der Waals surface area (Å²) in [4.78, 5) is 51.6. The molecule has 3 heterocycles. The van der Waals surface area contributed by atoms with Gasteiger partial charge in [0.1, 0.15) is 17.2 Å². The molecule has 10 nitrogen and oxygen atoms in total. The van der Waals surface area contributed by atoms with Crippen molar-refractivity contribution in [2.24, 2.45) is 5.41 Å². The molecule has 0 N–H and O–H groups in total. The number of anilines is 1. The first-order chi connectivity index (χ1) is 21.6. The summed E-state index contributed by atoms with van der Waals surface area (Å²) in [6.07, 6.45) is 7.58. The minimum Gasteiger partial charge on any atom is -0.497 e. The quantitative estimate of drug-likeness (QED) is 0.329. The minimum atomic E-state index is -0.603. The number of aryl methyl sites for hydroxylation is 1. The summed E-state index contributed by atoms with van der Waals surface area (Å²) >= 11 is 0. The van der Waals surface area contributed by atoms with Crippen LogP contribution in [0.2, 0.25) is 0 Å². The molecule has 0 radical (unpaired) electrons. The van der Waals surface area contributed by atoms with E-state index in [1.165, 1.54) is 0 Å². The van der Waals surface area contributed by atoms with Crippen molar-refractivity contribution in [1.82, 2.24) is 19.7 Å². The lowest BCUT2D eigenvalue weighted by atomic mass is 9.91. The van der Waals surface area contributed by atoms with Crippen molar-refractivity contribution < 1.29 is 23.9 Å². The Labute approximate surface area is 266 Å². The number of likely N-dealkylation sites (N-methyl/N-ethyl adjacent to an activating group) is 1. The predicted octanol–water partition coefficient (Wildman–Crippen LogP) is 4.17. The maximum absolute atomic E-state index is 13.3. The van der Waals surface area contributed by atoms with E-state index in [1.807, 2.05) is 61.9 Å². The average molecular weight is 616 g/mol. The van der Waals surface area contributed by atoms with Crippen LogP contribution >= 0.6 is 0 Å². The smallest absolute Gasteiger partial charge is 0.234 e. The van der Waals surface area contributed by atoms with Crippen LogP contribution in [0.5, 0.6) is 5.75 Å². The summed E-state index contributed by atoms with van der Waals surface area (Å²) in [6, 6.07) is 9.97. The van der Waals surface area contributed by atoms with Gasteiger partial charge < -0.3 is 24.2 Å². The highest BCUT2D eigenvalue weighted by molar-refractivity contribution is 6.08. The number of pyridine rings is 1. The first kappa shape index (κ1) is 32.2. The van der Waals surface area contributed by atoms with Crippen molar-refractivity contribution >= 4 is 23.3 Å². The molecular weight excluding hydrogens is 570 g/mol. The summed E-state index contributed by atoms with van der Waals surface area (Å²) in [5, 5.41) is 0. The molecule has 3 aliphatic rings. The van der Waals surface area contributed by atoms with Crippen LogP contribution in [0, 0.1) is 5.41 Å². The summed E-state index contributed by atoms with van der Waals surface area (Å²) in [5.74, 6) is 1.27. The summed E-state index contributed by atoms with van der Waals surface area (Å²) in [7, 11) is 3.58. The Balaban J connectivity index is 1.22. The maximum atomic E-state index is 13.3. The van der Waals surface area contributed by atoms with Gasteiger partial charge in [-0.05, 0) is 62.9 Å². The van der Waals surface area contributed by atoms with Crippen molar-refractivity contribution in [3.8, 4) is 5.75 Å². The molecule has 10 heteroatoms. The topological polar surface area (TPSA) is 95.5 Å². The van der Waals surface area contributed by atoms with Crippen LogP contribution in [-0.4, -0.2) is 90.8 Å². The number of carbonyl (C=O) groups is 3. The number of methoxy groups -OCH3 is 1. The SMILES string of the molecule is CCN1C(=O)C(C)(C)CN(C)C2=C1C(=O)C=C(OCCCN(CCN1C(=O)CCc3ccc(OC)cc31)Cc1ccncc1)C2. The van der Waals surface area contributed by atoms with Crippen LogP contribution in [0.1, 0.15) is 51.2 Å². The fourth-order valence-electron chi connectivity index (χ4n) is 6.52. The van der Waals surface area contributed by atoms with Crippen LogP contribution in [-0.2, 0) is 32.1 Å². The fourth-order valence-corrected chi connectivity index (χ4v) is 6.52. The monoisotopic (exact) mass is 615 g/mol. The number of nitrogens with zero attached hydrogens (tertiary/aromatic N) is 5. The summed E-state index contributed by atoms with van der Waals surface area (Å²) < 4.78 is 11.6. The van der Waals surface area contributed by atoms with Crippen molar-refractivity contribution in [3.63, 3.8) is 0 Å². The van der Waals surface area contributed by atoms with Crippen LogP contribution in [0.25, 0.3) is 0 Å². The van der Waals surface area contributed by atoms with E-state index in [-0.39, 0.29) is 17.6 Å². The van der Waals surface area contributed by atoms with Gasteiger partial charge in [0.25, 0.3) is 0 Å². The number of hydrogen-bond acceptors (Lipinski definition) is 8. The van der Waals surface area contributed by atoms with Gasteiger partial charge in [-0.1, -0.05) is 6.07 Å². The van der Waals surface area contributed by atoms with E-state index in [9.17, 15) is 14.4 Å². The van der Waals surface area contributed by atoms with Crippen molar-refractivity contribution in [3.05, 3.63) is 77.1 Å². The summed E-state index contributed by atoms with van der Waals surface area (Å²) in [6.45, 7) is 9.89. The molecular formula is C35H45N5O5. The fraction of sp³-hybridized carbons (Fsp3) is 0.486. The zero-order chi connectivity index (χ0) is 32.1. The lowest BCUT2D eigenvalue weighted by Crippen LogP contribution is -2.43. The highest BCUT2D eigenvalue weighted by atomic mass is 16.5. The van der Waals surface area contributed by atoms with E-state index in [2.05, 4.69) is 16.0 Å². The standard InChI is InChI=1S/C35H45N5O5/c1-6-39-33-30(37(4)24-35(2,3)34(39)43)21-28(22-31(33)41)45-19-7-16-38(23-25-12-14-36-15-13-25)17-18-40-29-20-27(44-5)10-8-26(29)9-11-32(40)42/h8,10,12-15,20,22H,6-7,9,11,16-19,21,23-24H2,1-5H3. The number of ether oxygens (including phenoxy) is 2. The van der Waals surface area contributed by atoms with Crippen molar-refractivity contribution in [1.29, 1.82) is 0 Å². The Morgan fingerprint density at radius 2 is 1.80 bits per heavy atom. The molecule has 0 unspecified atom stereocenters. The third-order valence-electron chi connectivity index (χ3n) is 8.84. The molecule has 2 amide bonds. The second-order valence-electron chi connectivity index (χ2n) is 12.6. The molecule has 1 aromatic carbocycles. The minimum absolute atomic E-state index is 0.0314. The first-order valence-electron chi connectivity index (χ1n) is 15.8. The van der Waals surface area contributed by atoms with E-state index in [4.69, 9.17) is 9.47 Å². The van der Waals surface area contributed by atoms with Gasteiger partial charge in [-0.3, -0.25) is 24.3 Å². The molecule has 0 saturated heterocycles. The number of ketones is 1. The lowest BCUT2D eigenvalue weighted by molar-refractivity contribution is -0.139. The Kier molecular flexibility index (Phi) is 9.92. The summed E-state index contributed by atoms with van der Waals surface area (Å²) in [5.41, 5.74) is 3.93. The molecule has 1 aromatic heterocycles. The Morgan fingerprint density at radius 1 is 1.02 bits per heavy atom. The van der Waals surface area contributed by atoms with E-state index in [0.29, 0.717) is 63.6 Å². The van der Waals surface area contributed by atoms with Crippen LogP contribution in [0.3, 0.4) is 0 Å². The van der Waals surface area contributed by atoms with Crippen molar-refractivity contribution in [2.75, 3.05) is 58.4 Å². The second kappa shape index (κ2) is 13.9. The molecule has 240 valence electrons. The molecule has 0 spiro atoms. The van der Waals surface area contributed by atoms with Crippen molar-refractivity contribution in [2.45, 2.75) is 53.0 Å². The number of hydrogen-bond donors (Lipinski definition) is 0. The molecule has 5 rings (SSSR count). The predicted molar refractivity (Wildman–Crippen MR) is 172 cm³/mol. The first-order valence-corrected chi connectivity index (χ1v) is 15.8. The number of amides is 2. The number of benzene rings is 1. The van der Waals surface area contributed by atoms with Gasteiger partial charge in [-0.15, -0.1) is 0 Å². The molecule has 1 aliphatic carbocycles. The van der Waals surface area contributed by atoms with Gasteiger partial charge in [-0.25, -0.2) is 0 Å². The highest BCUT2D eigenvalue weighted by Crippen LogP contribution is 2.36. The van der Waals surface area contributed by atoms with Gasteiger partial charge >= 0.3 is 0 Å².